The predicted octanol–water partition coefficient (Wildman–Crippen LogP) is 3.86. The Kier molecular flexibility index (Phi) is 6.67. The molecule has 2 aliphatic heterocycles. The normalized spacial score (nSPS) is 17.3. The van der Waals surface area contributed by atoms with Crippen LogP contribution in [0.2, 0.25) is 0 Å². The van der Waals surface area contributed by atoms with Crippen molar-refractivity contribution in [3.63, 3.8) is 0 Å². The van der Waals surface area contributed by atoms with Crippen LogP contribution in [0.3, 0.4) is 0 Å². The molecule has 0 unspecified atom stereocenters. The van der Waals surface area contributed by atoms with Crippen LogP contribution >= 0.6 is 11.3 Å². The zero-order chi connectivity index (χ0) is 28.8. The third-order valence-electron chi connectivity index (χ3n) is 7.38. The molecule has 3 aromatic carbocycles. The summed E-state index contributed by atoms with van der Waals surface area (Å²) in [5.41, 5.74) is 2.62. The van der Waals surface area contributed by atoms with Gasteiger partial charge in [-0.15, -0.1) is 6.58 Å². The molecule has 8 nitrogen and oxygen atoms in total. The molecule has 0 aliphatic carbocycles. The summed E-state index contributed by atoms with van der Waals surface area (Å²) < 4.78 is 13.0. The second-order valence-electron chi connectivity index (χ2n) is 9.62. The fraction of sp³-hybridized carbons (Fsp3) is 0.188. The Labute approximate surface area is 239 Å². The number of benzene rings is 3. The van der Waals surface area contributed by atoms with E-state index in [0.717, 1.165) is 22.1 Å². The number of methoxy groups -OCH3 is 1. The minimum atomic E-state index is -0.892. The van der Waals surface area contributed by atoms with Gasteiger partial charge in [0, 0.05) is 17.7 Å². The Morgan fingerprint density at radius 1 is 1.10 bits per heavy atom. The molecule has 1 amide bonds. The number of esters is 1. The number of anilines is 1. The van der Waals surface area contributed by atoms with Gasteiger partial charge >= 0.3 is 5.97 Å². The molecule has 0 saturated heterocycles. The molecule has 0 N–H and O–H groups in total. The average Bonchev–Trinajstić information content (AvgIpc) is 3.44. The predicted molar refractivity (Wildman–Crippen MR) is 159 cm³/mol. The summed E-state index contributed by atoms with van der Waals surface area (Å²) in [5, 5.41) is 1.75. The first-order chi connectivity index (χ1) is 19.9. The van der Waals surface area contributed by atoms with Gasteiger partial charge in [-0.3, -0.25) is 14.2 Å². The van der Waals surface area contributed by atoms with Crippen LogP contribution < -0.4 is 24.5 Å². The van der Waals surface area contributed by atoms with Crippen LogP contribution in [0.4, 0.5) is 5.69 Å². The van der Waals surface area contributed by atoms with E-state index < -0.39 is 17.6 Å². The van der Waals surface area contributed by atoms with Crippen molar-refractivity contribution < 1.29 is 19.1 Å². The molecule has 0 spiro atoms. The SMILES string of the molecule is C=CCN1C(=O)/C(=c2/sc3n(c2=O)[C@@H](c2c(OC)ccc4ccccc24)C(C(=O)OCC)=C(C)N=3)c2ccccc21. The van der Waals surface area contributed by atoms with Crippen LogP contribution in [0.25, 0.3) is 16.3 Å². The summed E-state index contributed by atoms with van der Waals surface area (Å²) in [4.78, 5) is 48.4. The van der Waals surface area contributed by atoms with Crippen molar-refractivity contribution in [3.8, 4) is 5.75 Å². The van der Waals surface area contributed by atoms with E-state index in [0.29, 0.717) is 45.2 Å². The Morgan fingerprint density at radius 2 is 1.85 bits per heavy atom. The van der Waals surface area contributed by atoms with E-state index >= 15 is 0 Å². The second kappa shape index (κ2) is 10.3. The smallest absolute Gasteiger partial charge is 0.338 e. The quantitative estimate of drug-likeness (QED) is 0.262. The van der Waals surface area contributed by atoms with E-state index in [-0.39, 0.29) is 22.6 Å². The van der Waals surface area contributed by atoms with E-state index in [2.05, 4.69) is 6.58 Å². The summed E-state index contributed by atoms with van der Waals surface area (Å²) in [6.45, 7) is 7.72. The van der Waals surface area contributed by atoms with Crippen LogP contribution in [0, 0.1) is 0 Å². The second-order valence-corrected chi connectivity index (χ2v) is 10.6. The number of carbonyl (C=O) groups excluding carboxylic acids is 2. The van der Waals surface area contributed by atoms with Crippen molar-refractivity contribution in [1.82, 2.24) is 4.57 Å². The first kappa shape index (κ1) is 26.5. The van der Waals surface area contributed by atoms with Crippen molar-refractivity contribution in [3.05, 3.63) is 115 Å². The van der Waals surface area contributed by atoms with Crippen molar-refractivity contribution in [2.75, 3.05) is 25.2 Å². The number of allylic oxidation sites excluding steroid dienone is 1. The van der Waals surface area contributed by atoms with Crippen LogP contribution in [0.5, 0.6) is 5.75 Å². The van der Waals surface area contributed by atoms with Gasteiger partial charge in [0.25, 0.3) is 11.5 Å². The molecule has 0 bridgehead atoms. The Hall–Kier alpha value is -4.76. The topological polar surface area (TPSA) is 90.2 Å². The molecule has 3 heterocycles. The third-order valence-corrected chi connectivity index (χ3v) is 8.43. The van der Waals surface area contributed by atoms with E-state index in [4.69, 9.17) is 14.5 Å². The fourth-order valence-corrected chi connectivity index (χ4v) is 6.80. The van der Waals surface area contributed by atoms with Gasteiger partial charge in [-0.2, -0.15) is 0 Å². The average molecular weight is 566 g/mol. The number of fused-ring (bicyclic) bond motifs is 3. The highest BCUT2D eigenvalue weighted by molar-refractivity contribution is 7.07. The number of para-hydroxylation sites is 1. The molecular weight excluding hydrogens is 538 g/mol. The van der Waals surface area contributed by atoms with Gasteiger partial charge in [0.15, 0.2) is 4.80 Å². The first-order valence-corrected chi connectivity index (χ1v) is 14.0. The molecule has 0 fully saturated rings. The monoisotopic (exact) mass is 565 g/mol. The summed E-state index contributed by atoms with van der Waals surface area (Å²) >= 11 is 1.14. The maximum absolute atomic E-state index is 14.5. The number of rotatable bonds is 6. The van der Waals surface area contributed by atoms with Gasteiger partial charge < -0.3 is 14.4 Å². The van der Waals surface area contributed by atoms with Crippen LogP contribution in [0.1, 0.15) is 31.0 Å². The van der Waals surface area contributed by atoms with Gasteiger partial charge in [0.05, 0.1) is 36.2 Å². The molecule has 1 aromatic heterocycles. The number of amides is 1. The minimum absolute atomic E-state index is 0.161. The molecule has 206 valence electrons. The van der Waals surface area contributed by atoms with Gasteiger partial charge in [0.2, 0.25) is 0 Å². The lowest BCUT2D eigenvalue weighted by atomic mass is 9.90. The Bertz CT molecular complexity index is 1980. The summed E-state index contributed by atoms with van der Waals surface area (Å²) in [6.07, 6.45) is 1.65. The number of nitrogens with zero attached hydrogens (tertiary/aromatic N) is 3. The molecule has 6 rings (SSSR count). The highest BCUT2D eigenvalue weighted by Gasteiger charge is 2.38. The van der Waals surface area contributed by atoms with Crippen LogP contribution in [0.15, 0.2) is 94.4 Å². The molecule has 4 aromatic rings. The van der Waals surface area contributed by atoms with Gasteiger partial charge in [-0.05, 0) is 36.8 Å². The first-order valence-electron chi connectivity index (χ1n) is 13.2. The molecule has 1 atom stereocenters. The maximum Gasteiger partial charge on any atom is 0.338 e. The highest BCUT2D eigenvalue weighted by Crippen LogP contribution is 2.41. The number of aromatic nitrogens is 1. The van der Waals surface area contributed by atoms with Crippen molar-refractivity contribution in [2.24, 2.45) is 4.99 Å². The van der Waals surface area contributed by atoms with E-state index in [1.54, 1.807) is 31.9 Å². The standard InChI is InChI=1S/C32H27N3O5S/c1-5-17-34-22-14-10-9-13-21(22)26(29(34)36)28-30(37)35-27(24(31(38)40-6-2)18(3)33-32(35)41-28)25-20-12-8-7-11-19(20)15-16-23(25)39-4/h5,7-16,27H,1,6,17H2,2-4H3/b28-26+/t27-/m1/s1. The zero-order valence-electron chi connectivity index (χ0n) is 22.8. The van der Waals surface area contributed by atoms with E-state index in [1.165, 1.54) is 4.57 Å². The summed E-state index contributed by atoms with van der Waals surface area (Å²) in [5.74, 6) is -0.328. The van der Waals surface area contributed by atoms with Gasteiger partial charge in [0.1, 0.15) is 16.3 Å². The van der Waals surface area contributed by atoms with E-state index in [9.17, 15) is 14.4 Å². The van der Waals surface area contributed by atoms with Crippen molar-refractivity contribution in [1.29, 1.82) is 0 Å². The number of hydrogen-bond acceptors (Lipinski definition) is 7. The summed E-state index contributed by atoms with van der Waals surface area (Å²) in [7, 11) is 1.56. The summed E-state index contributed by atoms with van der Waals surface area (Å²) in [6, 6.07) is 18.0. The molecule has 0 saturated carbocycles. The molecule has 0 radical (unpaired) electrons. The number of thiazole rings is 1. The molecule has 2 aliphatic rings. The van der Waals surface area contributed by atoms with Gasteiger partial charge in [-0.1, -0.05) is 65.9 Å². The number of carbonyl (C=O) groups is 2. The number of ether oxygens (including phenoxy) is 2. The van der Waals surface area contributed by atoms with Crippen LogP contribution in [-0.4, -0.2) is 36.7 Å². The van der Waals surface area contributed by atoms with Crippen molar-refractivity contribution in [2.45, 2.75) is 19.9 Å². The lowest BCUT2D eigenvalue weighted by molar-refractivity contribution is -0.139. The van der Waals surface area contributed by atoms with Gasteiger partial charge in [-0.25, -0.2) is 9.79 Å². The number of hydrogen-bond donors (Lipinski definition) is 0. The maximum atomic E-state index is 14.5. The lowest BCUT2D eigenvalue weighted by Gasteiger charge is -2.27. The largest absolute Gasteiger partial charge is 0.496 e. The molecule has 9 heteroatoms. The molecular formula is C32H27N3O5S. The lowest BCUT2D eigenvalue weighted by Crippen LogP contribution is -2.41. The van der Waals surface area contributed by atoms with E-state index in [1.807, 2.05) is 60.7 Å². The third kappa shape index (κ3) is 4.03. The Morgan fingerprint density at radius 3 is 2.61 bits per heavy atom. The van der Waals surface area contributed by atoms with Crippen molar-refractivity contribution >= 4 is 45.2 Å². The van der Waals surface area contributed by atoms with Crippen LogP contribution in [-0.2, 0) is 14.3 Å². The highest BCUT2D eigenvalue weighted by atomic mass is 32.1. The minimum Gasteiger partial charge on any atom is -0.496 e. The fourth-order valence-electron chi connectivity index (χ4n) is 5.66. The molecule has 41 heavy (non-hydrogen) atoms. The Balaban J connectivity index is 1.72. The zero-order valence-corrected chi connectivity index (χ0v) is 23.7.